The van der Waals surface area contributed by atoms with Gasteiger partial charge in [0.15, 0.2) is 0 Å². The average molecular weight is 397 g/mol. The van der Waals surface area contributed by atoms with Gasteiger partial charge in [-0.1, -0.05) is 24.3 Å². The zero-order chi connectivity index (χ0) is 19.7. The fourth-order valence-electron chi connectivity index (χ4n) is 3.31. The normalized spacial score (nSPS) is 15.8. The molecule has 0 fully saturated rings. The number of carbonyl (C=O) groups is 2. The SMILES string of the molecule is CC1CCc2sc(C(=O)NNC(=O)Cn3nnc4ccccc4c3=O)cc2C1. The molecule has 2 heterocycles. The molecule has 0 spiro atoms. The number of fused-ring (bicyclic) bond motifs is 2. The number of amides is 2. The van der Waals surface area contributed by atoms with Gasteiger partial charge in [0.1, 0.15) is 12.1 Å². The Morgan fingerprint density at radius 1 is 1.29 bits per heavy atom. The molecule has 2 N–H and O–H groups in total. The van der Waals surface area contributed by atoms with Crippen molar-refractivity contribution in [1.29, 1.82) is 0 Å². The van der Waals surface area contributed by atoms with Crippen molar-refractivity contribution in [3.8, 4) is 0 Å². The molecule has 1 atom stereocenters. The maximum Gasteiger partial charge on any atom is 0.279 e. The van der Waals surface area contributed by atoms with Gasteiger partial charge in [0, 0.05) is 4.88 Å². The Morgan fingerprint density at radius 3 is 2.96 bits per heavy atom. The summed E-state index contributed by atoms with van der Waals surface area (Å²) in [6.07, 6.45) is 3.10. The van der Waals surface area contributed by atoms with Gasteiger partial charge < -0.3 is 0 Å². The van der Waals surface area contributed by atoms with Crippen molar-refractivity contribution in [2.75, 3.05) is 0 Å². The summed E-state index contributed by atoms with van der Waals surface area (Å²) in [4.78, 5) is 38.6. The highest BCUT2D eigenvalue weighted by atomic mass is 32.1. The van der Waals surface area contributed by atoms with E-state index in [0.717, 1.165) is 23.9 Å². The van der Waals surface area contributed by atoms with Crippen molar-refractivity contribution in [2.24, 2.45) is 5.92 Å². The van der Waals surface area contributed by atoms with Crippen LogP contribution in [0.2, 0.25) is 0 Å². The fraction of sp³-hybridized carbons (Fsp3) is 0.316. The highest BCUT2D eigenvalue weighted by molar-refractivity contribution is 7.14. The largest absolute Gasteiger partial charge is 0.279 e. The summed E-state index contributed by atoms with van der Waals surface area (Å²) in [5.41, 5.74) is 6.02. The Balaban J connectivity index is 1.39. The van der Waals surface area contributed by atoms with E-state index >= 15 is 0 Å². The van der Waals surface area contributed by atoms with Crippen molar-refractivity contribution in [3.63, 3.8) is 0 Å². The molecular weight excluding hydrogens is 378 g/mol. The molecule has 0 aliphatic heterocycles. The molecule has 144 valence electrons. The van der Waals surface area contributed by atoms with Gasteiger partial charge in [-0.2, -0.15) is 0 Å². The Bertz CT molecular complexity index is 1120. The first-order chi connectivity index (χ1) is 13.5. The summed E-state index contributed by atoms with van der Waals surface area (Å²) in [6, 6.07) is 8.68. The van der Waals surface area contributed by atoms with E-state index in [-0.39, 0.29) is 12.5 Å². The van der Waals surface area contributed by atoms with E-state index < -0.39 is 11.5 Å². The number of nitrogens with one attached hydrogen (secondary N) is 2. The van der Waals surface area contributed by atoms with Gasteiger partial charge in [0.25, 0.3) is 17.4 Å². The molecule has 2 amide bonds. The van der Waals surface area contributed by atoms with Crippen LogP contribution in [-0.4, -0.2) is 26.8 Å². The first-order valence-corrected chi connectivity index (χ1v) is 9.86. The lowest BCUT2D eigenvalue weighted by molar-refractivity contribution is -0.122. The Morgan fingerprint density at radius 2 is 2.11 bits per heavy atom. The number of carbonyl (C=O) groups excluding carboxylic acids is 2. The number of thiophene rings is 1. The second-order valence-corrected chi connectivity index (χ2v) is 8.12. The van der Waals surface area contributed by atoms with E-state index in [1.807, 2.05) is 6.07 Å². The summed E-state index contributed by atoms with van der Waals surface area (Å²) < 4.78 is 0.967. The number of nitrogens with zero attached hydrogens (tertiary/aromatic N) is 3. The monoisotopic (exact) mass is 397 g/mol. The van der Waals surface area contributed by atoms with E-state index in [1.54, 1.807) is 24.3 Å². The quantitative estimate of drug-likeness (QED) is 0.651. The number of hydrazine groups is 1. The summed E-state index contributed by atoms with van der Waals surface area (Å²) in [6.45, 7) is 1.87. The van der Waals surface area contributed by atoms with Gasteiger partial charge in [-0.25, -0.2) is 4.68 Å². The second-order valence-electron chi connectivity index (χ2n) is 6.98. The number of aryl methyl sites for hydroxylation is 1. The fourth-order valence-corrected chi connectivity index (χ4v) is 4.41. The first-order valence-electron chi connectivity index (χ1n) is 9.04. The molecule has 4 rings (SSSR count). The van der Waals surface area contributed by atoms with Crippen LogP contribution < -0.4 is 16.4 Å². The number of aromatic nitrogens is 3. The maximum atomic E-state index is 12.4. The van der Waals surface area contributed by atoms with Crippen molar-refractivity contribution in [1.82, 2.24) is 25.8 Å². The zero-order valence-corrected chi connectivity index (χ0v) is 16.1. The van der Waals surface area contributed by atoms with Crippen LogP contribution in [0.5, 0.6) is 0 Å². The van der Waals surface area contributed by atoms with Gasteiger partial charge in [0.05, 0.1) is 10.3 Å². The predicted molar refractivity (Wildman–Crippen MR) is 105 cm³/mol. The maximum absolute atomic E-state index is 12.4. The van der Waals surface area contributed by atoms with Gasteiger partial charge >= 0.3 is 0 Å². The minimum Gasteiger partial charge on any atom is -0.271 e. The molecule has 1 aliphatic carbocycles. The summed E-state index contributed by atoms with van der Waals surface area (Å²) in [5, 5.41) is 8.08. The molecule has 2 aromatic heterocycles. The molecule has 1 aliphatic rings. The molecule has 0 saturated carbocycles. The first kappa shape index (κ1) is 18.3. The highest BCUT2D eigenvalue weighted by Crippen LogP contribution is 2.32. The number of benzene rings is 1. The van der Waals surface area contributed by atoms with Crippen LogP contribution in [0.3, 0.4) is 0 Å². The van der Waals surface area contributed by atoms with Crippen molar-refractivity contribution in [2.45, 2.75) is 32.7 Å². The summed E-state index contributed by atoms with van der Waals surface area (Å²) in [5.74, 6) is -0.300. The molecule has 1 unspecified atom stereocenters. The van der Waals surface area contributed by atoms with E-state index in [0.29, 0.717) is 21.7 Å². The summed E-state index contributed by atoms with van der Waals surface area (Å²) >= 11 is 1.46. The molecule has 1 aromatic carbocycles. The molecular formula is C19H19N5O3S. The molecule has 0 radical (unpaired) electrons. The lowest BCUT2D eigenvalue weighted by Crippen LogP contribution is -2.44. The zero-order valence-electron chi connectivity index (χ0n) is 15.3. The van der Waals surface area contributed by atoms with Crippen LogP contribution in [0, 0.1) is 5.92 Å². The molecule has 0 bridgehead atoms. The van der Waals surface area contributed by atoms with Crippen LogP contribution in [0.25, 0.3) is 10.9 Å². The Kier molecular flexibility index (Phi) is 4.91. The third kappa shape index (κ3) is 3.65. The number of rotatable bonds is 3. The Labute approximate surface area is 164 Å². The second kappa shape index (κ2) is 7.51. The molecule has 3 aromatic rings. The van der Waals surface area contributed by atoms with Gasteiger partial charge in [-0.05, 0) is 48.9 Å². The highest BCUT2D eigenvalue weighted by Gasteiger charge is 2.21. The average Bonchev–Trinajstić information content (AvgIpc) is 3.12. The Hall–Kier alpha value is -3.07. The van der Waals surface area contributed by atoms with E-state index in [1.165, 1.54) is 21.8 Å². The third-order valence-corrected chi connectivity index (χ3v) is 6.03. The van der Waals surface area contributed by atoms with E-state index in [4.69, 9.17) is 0 Å². The smallest absolute Gasteiger partial charge is 0.271 e. The number of hydrogen-bond donors (Lipinski definition) is 2. The van der Waals surface area contributed by atoms with Crippen LogP contribution in [0.15, 0.2) is 35.1 Å². The molecule has 8 nitrogen and oxygen atoms in total. The van der Waals surface area contributed by atoms with Crippen LogP contribution in [-0.2, 0) is 24.2 Å². The van der Waals surface area contributed by atoms with Gasteiger partial charge in [-0.3, -0.25) is 25.2 Å². The van der Waals surface area contributed by atoms with Crippen molar-refractivity contribution in [3.05, 3.63) is 56.0 Å². The van der Waals surface area contributed by atoms with Crippen LogP contribution >= 0.6 is 11.3 Å². The topological polar surface area (TPSA) is 106 Å². The lowest BCUT2D eigenvalue weighted by atomic mass is 9.90. The minimum atomic E-state index is -0.560. The minimum absolute atomic E-state index is 0.338. The third-order valence-electron chi connectivity index (χ3n) is 4.79. The predicted octanol–water partition coefficient (Wildman–Crippen LogP) is 1.44. The summed E-state index contributed by atoms with van der Waals surface area (Å²) in [7, 11) is 0. The molecule has 28 heavy (non-hydrogen) atoms. The standard InChI is InChI=1S/C19H19N5O3S/c1-11-6-7-15-12(8-11)9-16(28-15)18(26)22-21-17(25)10-24-19(27)13-4-2-3-5-14(13)20-23-24/h2-5,9,11H,6-8,10H2,1H3,(H,21,25)(H,22,26). The van der Waals surface area contributed by atoms with Gasteiger partial charge in [-0.15, -0.1) is 16.4 Å². The van der Waals surface area contributed by atoms with Crippen molar-refractivity contribution >= 4 is 34.1 Å². The van der Waals surface area contributed by atoms with Crippen molar-refractivity contribution < 1.29 is 9.59 Å². The van der Waals surface area contributed by atoms with E-state index in [2.05, 4.69) is 28.1 Å². The van der Waals surface area contributed by atoms with Crippen LogP contribution in [0.1, 0.15) is 33.5 Å². The van der Waals surface area contributed by atoms with Gasteiger partial charge in [0.2, 0.25) is 0 Å². The number of hydrogen-bond acceptors (Lipinski definition) is 6. The van der Waals surface area contributed by atoms with Crippen LogP contribution in [0.4, 0.5) is 0 Å². The lowest BCUT2D eigenvalue weighted by Gasteiger charge is -2.16. The molecule has 9 heteroatoms. The molecule has 0 saturated heterocycles. The van der Waals surface area contributed by atoms with E-state index in [9.17, 15) is 14.4 Å².